The van der Waals surface area contributed by atoms with Crippen molar-refractivity contribution < 1.29 is 13.9 Å². The fraction of sp³-hybridized carbons (Fsp3) is 0.650. The Morgan fingerprint density at radius 3 is 2.81 bits per heavy atom. The summed E-state index contributed by atoms with van der Waals surface area (Å²) in [5.74, 6) is 1.88. The van der Waals surface area contributed by atoms with Crippen LogP contribution in [0.3, 0.4) is 0 Å². The van der Waals surface area contributed by atoms with Crippen LogP contribution >= 0.6 is 0 Å². The van der Waals surface area contributed by atoms with Crippen molar-refractivity contribution in [3.05, 3.63) is 30.1 Å². The van der Waals surface area contributed by atoms with E-state index in [4.69, 9.17) is 9.47 Å². The Balaban J connectivity index is 1.54. The molecule has 0 amide bonds. The van der Waals surface area contributed by atoms with Crippen LogP contribution in [0.4, 0.5) is 4.39 Å². The van der Waals surface area contributed by atoms with Crippen molar-refractivity contribution in [1.29, 1.82) is 0 Å². The molecule has 26 heavy (non-hydrogen) atoms. The van der Waals surface area contributed by atoms with Crippen molar-refractivity contribution in [2.24, 2.45) is 16.3 Å². The predicted octanol–water partition coefficient (Wildman–Crippen LogP) is 2.92. The van der Waals surface area contributed by atoms with Crippen LogP contribution in [-0.2, 0) is 4.74 Å². The van der Waals surface area contributed by atoms with E-state index < -0.39 is 0 Å². The lowest BCUT2D eigenvalue weighted by atomic mass is 9.57. The molecule has 3 atom stereocenters. The molecule has 0 radical (unpaired) electrons. The second kappa shape index (κ2) is 7.82. The highest BCUT2D eigenvalue weighted by Crippen LogP contribution is 2.52. The van der Waals surface area contributed by atoms with Crippen molar-refractivity contribution in [2.45, 2.75) is 39.3 Å². The average Bonchev–Trinajstić information content (AvgIpc) is 3.07. The van der Waals surface area contributed by atoms with Crippen LogP contribution in [0.2, 0.25) is 0 Å². The van der Waals surface area contributed by atoms with Crippen LogP contribution in [0.5, 0.6) is 5.75 Å². The maximum atomic E-state index is 12.9. The van der Waals surface area contributed by atoms with Gasteiger partial charge in [0, 0.05) is 37.6 Å². The zero-order valence-corrected chi connectivity index (χ0v) is 16.2. The maximum absolute atomic E-state index is 12.9. The van der Waals surface area contributed by atoms with Gasteiger partial charge in [0.05, 0.1) is 12.6 Å². The van der Waals surface area contributed by atoms with Gasteiger partial charge < -0.3 is 19.7 Å². The van der Waals surface area contributed by atoms with Crippen molar-refractivity contribution in [3.63, 3.8) is 0 Å². The van der Waals surface area contributed by atoms with Crippen molar-refractivity contribution in [1.82, 2.24) is 10.2 Å². The fourth-order valence-corrected chi connectivity index (χ4v) is 4.12. The maximum Gasteiger partial charge on any atom is 0.194 e. The average molecular weight is 363 g/mol. The molecule has 1 heterocycles. The summed E-state index contributed by atoms with van der Waals surface area (Å²) >= 11 is 0. The van der Waals surface area contributed by atoms with Gasteiger partial charge in [-0.1, -0.05) is 13.8 Å². The molecule has 1 aliphatic carbocycles. The SMILES string of the molecule is CCN=C(NC1C2CCOC2C1(C)C)N(C)CCOc1ccc(F)cc1. The summed E-state index contributed by atoms with van der Waals surface area (Å²) in [5.41, 5.74) is 0.112. The third kappa shape index (κ3) is 3.80. The van der Waals surface area contributed by atoms with Gasteiger partial charge in [-0.2, -0.15) is 0 Å². The number of ether oxygens (including phenoxy) is 2. The normalized spacial score (nSPS) is 26.8. The van der Waals surface area contributed by atoms with Gasteiger partial charge in [0.15, 0.2) is 5.96 Å². The molecule has 0 bridgehead atoms. The number of hydrogen-bond acceptors (Lipinski definition) is 3. The minimum absolute atomic E-state index is 0.112. The van der Waals surface area contributed by atoms with Gasteiger partial charge in [0.25, 0.3) is 0 Å². The topological polar surface area (TPSA) is 46.1 Å². The smallest absolute Gasteiger partial charge is 0.194 e. The van der Waals surface area contributed by atoms with Crippen LogP contribution in [0.25, 0.3) is 0 Å². The number of rotatable bonds is 6. The molecule has 1 N–H and O–H groups in total. The van der Waals surface area contributed by atoms with E-state index in [0.717, 1.165) is 25.5 Å². The first-order valence-electron chi connectivity index (χ1n) is 9.45. The molecule has 6 heteroatoms. The summed E-state index contributed by atoms with van der Waals surface area (Å²) in [4.78, 5) is 6.74. The zero-order chi connectivity index (χ0) is 18.7. The van der Waals surface area contributed by atoms with E-state index in [1.54, 1.807) is 12.1 Å². The molecule has 2 fully saturated rings. The first-order chi connectivity index (χ1) is 12.4. The highest BCUT2D eigenvalue weighted by molar-refractivity contribution is 5.80. The lowest BCUT2D eigenvalue weighted by molar-refractivity contribution is -0.107. The van der Waals surface area contributed by atoms with Gasteiger partial charge in [0.2, 0.25) is 0 Å². The second-order valence-electron chi connectivity index (χ2n) is 7.71. The quantitative estimate of drug-likeness (QED) is 0.624. The Morgan fingerprint density at radius 2 is 2.12 bits per heavy atom. The van der Waals surface area contributed by atoms with E-state index in [9.17, 15) is 4.39 Å². The molecule has 2 aliphatic rings. The van der Waals surface area contributed by atoms with Crippen LogP contribution in [-0.4, -0.2) is 56.4 Å². The Labute approximate surface area is 155 Å². The first kappa shape index (κ1) is 19.0. The molecule has 1 aliphatic heterocycles. The summed E-state index contributed by atoms with van der Waals surface area (Å²) in [7, 11) is 2.02. The Morgan fingerprint density at radius 1 is 1.38 bits per heavy atom. The van der Waals surface area contributed by atoms with Gasteiger partial charge in [0.1, 0.15) is 18.2 Å². The lowest BCUT2D eigenvalue weighted by Crippen LogP contribution is -2.68. The number of fused-ring (bicyclic) bond motifs is 1. The molecular formula is C20H30FN3O2. The van der Waals surface area contributed by atoms with Gasteiger partial charge in [-0.3, -0.25) is 4.99 Å². The summed E-state index contributed by atoms with van der Waals surface area (Å²) < 4.78 is 24.5. The number of nitrogens with one attached hydrogen (secondary N) is 1. The molecule has 1 aromatic rings. The van der Waals surface area contributed by atoms with E-state index >= 15 is 0 Å². The number of hydrogen-bond donors (Lipinski definition) is 1. The summed E-state index contributed by atoms with van der Waals surface area (Å²) in [6.07, 6.45) is 1.47. The number of guanidine groups is 1. The van der Waals surface area contributed by atoms with Crippen molar-refractivity contribution in [3.8, 4) is 5.75 Å². The molecule has 1 saturated heterocycles. The number of aliphatic imine (C=N–C) groups is 1. The van der Waals surface area contributed by atoms with Crippen LogP contribution < -0.4 is 10.1 Å². The molecule has 1 aromatic carbocycles. The molecule has 0 aromatic heterocycles. The van der Waals surface area contributed by atoms with Gasteiger partial charge in [-0.25, -0.2) is 4.39 Å². The number of nitrogens with zero attached hydrogens (tertiary/aromatic N) is 2. The minimum atomic E-state index is -0.256. The Bertz CT molecular complexity index is 632. The summed E-state index contributed by atoms with van der Waals surface area (Å²) in [6.45, 7) is 9.35. The van der Waals surface area contributed by atoms with E-state index in [0.29, 0.717) is 37.0 Å². The van der Waals surface area contributed by atoms with E-state index in [1.165, 1.54) is 12.1 Å². The molecule has 1 saturated carbocycles. The number of benzene rings is 1. The lowest BCUT2D eigenvalue weighted by Gasteiger charge is -2.55. The van der Waals surface area contributed by atoms with Crippen LogP contribution in [0, 0.1) is 17.2 Å². The molecule has 5 nitrogen and oxygen atoms in total. The van der Waals surface area contributed by atoms with E-state index in [-0.39, 0.29) is 11.2 Å². The number of halogens is 1. The van der Waals surface area contributed by atoms with Gasteiger partial charge in [-0.15, -0.1) is 0 Å². The van der Waals surface area contributed by atoms with E-state index in [1.807, 2.05) is 14.0 Å². The first-order valence-corrected chi connectivity index (χ1v) is 9.45. The molecule has 144 valence electrons. The molecule has 3 unspecified atom stereocenters. The summed E-state index contributed by atoms with van der Waals surface area (Å²) in [6, 6.07) is 6.48. The zero-order valence-electron chi connectivity index (χ0n) is 16.2. The number of likely N-dealkylation sites (N-methyl/N-ethyl adjacent to an activating group) is 1. The van der Waals surface area contributed by atoms with Crippen LogP contribution in [0.1, 0.15) is 27.2 Å². The van der Waals surface area contributed by atoms with Gasteiger partial charge in [-0.05, 0) is 37.6 Å². The molecule has 3 rings (SSSR count). The molecular weight excluding hydrogens is 333 g/mol. The second-order valence-corrected chi connectivity index (χ2v) is 7.71. The van der Waals surface area contributed by atoms with Crippen molar-refractivity contribution in [2.75, 3.05) is 33.4 Å². The molecule has 0 spiro atoms. The van der Waals surface area contributed by atoms with E-state index in [2.05, 4.69) is 29.1 Å². The van der Waals surface area contributed by atoms with Crippen molar-refractivity contribution >= 4 is 5.96 Å². The highest BCUT2D eigenvalue weighted by atomic mass is 19.1. The minimum Gasteiger partial charge on any atom is -0.492 e. The highest BCUT2D eigenvalue weighted by Gasteiger charge is 2.59. The monoisotopic (exact) mass is 363 g/mol. The Kier molecular flexibility index (Phi) is 5.70. The predicted molar refractivity (Wildman–Crippen MR) is 101 cm³/mol. The van der Waals surface area contributed by atoms with Gasteiger partial charge >= 0.3 is 0 Å². The summed E-state index contributed by atoms with van der Waals surface area (Å²) in [5, 5.41) is 3.66. The fourth-order valence-electron chi connectivity index (χ4n) is 4.12. The van der Waals surface area contributed by atoms with Crippen LogP contribution in [0.15, 0.2) is 29.3 Å². The largest absolute Gasteiger partial charge is 0.492 e. The standard InChI is InChI=1S/C20H30FN3O2/c1-5-22-19(23-17-16-10-12-26-18(16)20(17,2)3)24(4)11-13-25-15-8-6-14(21)7-9-15/h6-9,16-18H,5,10-13H2,1-4H3,(H,22,23). The third-order valence-electron chi connectivity index (χ3n) is 5.56. The Hall–Kier alpha value is -1.82. The third-order valence-corrected chi connectivity index (χ3v) is 5.56.